The number of halogens is 1. The van der Waals surface area contributed by atoms with Gasteiger partial charge in [0, 0.05) is 6.61 Å². The van der Waals surface area contributed by atoms with Gasteiger partial charge in [-0.2, -0.15) is 0 Å². The first-order valence-corrected chi connectivity index (χ1v) is 10.9. The van der Waals surface area contributed by atoms with Gasteiger partial charge >= 0.3 is 5.97 Å². The molecule has 0 aliphatic rings. The van der Waals surface area contributed by atoms with Gasteiger partial charge in [-0.3, -0.25) is 0 Å². The maximum absolute atomic E-state index is 12.5. The average molecular weight is 459 g/mol. The highest BCUT2D eigenvalue weighted by Crippen LogP contribution is 2.59. The molecule has 0 saturated heterocycles. The average Bonchev–Trinajstić information content (AvgIpc) is 2.73. The maximum Gasteiger partial charge on any atom is 0.348 e. The summed E-state index contributed by atoms with van der Waals surface area (Å²) >= 11 is 0. The van der Waals surface area contributed by atoms with Crippen LogP contribution in [-0.4, -0.2) is 29.9 Å². The first-order chi connectivity index (χ1) is 13.2. The number of aliphatic carboxylic acids is 1. The number of rotatable bonds is 8. The van der Waals surface area contributed by atoms with Crippen molar-refractivity contribution in [2.24, 2.45) is 0 Å². The van der Waals surface area contributed by atoms with E-state index in [1.165, 1.54) is 0 Å². The number of hydrogen-bond acceptors (Lipinski definition) is 2. The molecule has 0 saturated carbocycles. The van der Waals surface area contributed by atoms with E-state index in [9.17, 15) is 9.90 Å². The smallest absolute Gasteiger partial charge is 0.348 e. The lowest BCUT2D eigenvalue weighted by molar-refractivity contribution is -0.137. The van der Waals surface area contributed by atoms with E-state index in [1.54, 1.807) is 0 Å². The van der Waals surface area contributed by atoms with Crippen LogP contribution in [0.1, 0.15) is 6.92 Å². The van der Waals surface area contributed by atoms with E-state index in [0.29, 0.717) is 6.61 Å². The first-order valence-electron chi connectivity index (χ1n) is 9.07. The van der Waals surface area contributed by atoms with Crippen LogP contribution >= 0.6 is 7.26 Å². The second-order valence-electron chi connectivity index (χ2n) is 6.24. The van der Waals surface area contributed by atoms with Crippen molar-refractivity contribution < 1.29 is 31.6 Å². The highest BCUT2D eigenvalue weighted by atomic mass is 79.9. The van der Waals surface area contributed by atoms with Crippen molar-refractivity contribution in [2.45, 2.75) is 12.6 Å². The molecule has 3 nitrogen and oxygen atoms in total. The Balaban J connectivity index is 0.00000280. The summed E-state index contributed by atoms with van der Waals surface area (Å²) in [6.45, 7) is 2.56. The molecule has 5 heteroatoms. The van der Waals surface area contributed by atoms with E-state index in [-0.39, 0.29) is 23.6 Å². The van der Waals surface area contributed by atoms with Gasteiger partial charge in [0.05, 0.1) is 6.61 Å². The predicted molar refractivity (Wildman–Crippen MR) is 113 cm³/mol. The Labute approximate surface area is 177 Å². The van der Waals surface area contributed by atoms with Crippen molar-refractivity contribution in [3.8, 4) is 0 Å². The summed E-state index contributed by atoms with van der Waals surface area (Å²) < 4.78 is 5.67. The summed E-state index contributed by atoms with van der Waals surface area (Å²) in [6.07, 6.45) is 0. The third-order valence-electron chi connectivity index (χ3n) is 4.72. The van der Waals surface area contributed by atoms with Crippen molar-refractivity contribution >= 4 is 29.1 Å². The zero-order valence-corrected chi connectivity index (χ0v) is 18.2. The lowest BCUT2D eigenvalue weighted by Crippen LogP contribution is -3.00. The van der Waals surface area contributed by atoms with Gasteiger partial charge in [-0.15, -0.1) is 0 Å². The molecule has 0 fully saturated rings. The van der Waals surface area contributed by atoms with Crippen molar-refractivity contribution in [3.63, 3.8) is 0 Å². The van der Waals surface area contributed by atoms with E-state index in [0.717, 1.165) is 15.9 Å². The Morgan fingerprint density at radius 2 is 1.18 bits per heavy atom. The molecule has 146 valence electrons. The van der Waals surface area contributed by atoms with Crippen molar-refractivity contribution in [1.29, 1.82) is 0 Å². The fourth-order valence-corrected chi connectivity index (χ4v) is 8.12. The molecule has 0 aliphatic carbocycles. The SMILES string of the molecule is CCOCC(C(=O)O)[P+](c1ccccc1)(c1ccccc1)c1ccccc1.[Br-]. The quantitative estimate of drug-likeness (QED) is 0.499. The predicted octanol–water partition coefficient (Wildman–Crippen LogP) is 0.474. The number of ether oxygens (including phenoxy) is 1. The molecule has 0 radical (unpaired) electrons. The summed E-state index contributed by atoms with van der Waals surface area (Å²) in [5, 5.41) is 13.4. The van der Waals surface area contributed by atoms with Gasteiger partial charge in [0.2, 0.25) is 5.66 Å². The summed E-state index contributed by atoms with van der Waals surface area (Å²) in [5.41, 5.74) is -0.662. The second-order valence-corrected chi connectivity index (χ2v) is 9.86. The van der Waals surface area contributed by atoms with Gasteiger partial charge in [0.1, 0.15) is 23.2 Å². The number of carboxylic acid groups (broad SMARTS) is 1. The van der Waals surface area contributed by atoms with Crippen LogP contribution in [0.4, 0.5) is 0 Å². The first kappa shape index (κ1) is 22.3. The fourth-order valence-electron chi connectivity index (χ4n) is 3.55. The lowest BCUT2D eigenvalue weighted by atomic mass is 10.3. The van der Waals surface area contributed by atoms with E-state index >= 15 is 0 Å². The van der Waals surface area contributed by atoms with E-state index in [2.05, 4.69) is 36.4 Å². The molecule has 1 N–H and O–H groups in total. The van der Waals surface area contributed by atoms with Crippen molar-refractivity contribution in [1.82, 2.24) is 0 Å². The number of benzene rings is 3. The normalized spacial score (nSPS) is 12.0. The van der Waals surface area contributed by atoms with Crippen LogP contribution < -0.4 is 32.9 Å². The Morgan fingerprint density at radius 3 is 1.46 bits per heavy atom. The highest BCUT2D eigenvalue weighted by Gasteiger charge is 2.56. The van der Waals surface area contributed by atoms with Crippen LogP contribution in [0.15, 0.2) is 91.0 Å². The highest BCUT2D eigenvalue weighted by molar-refractivity contribution is 7.96. The maximum atomic E-state index is 12.5. The summed E-state index contributed by atoms with van der Waals surface area (Å²) in [5.74, 6) is -0.826. The van der Waals surface area contributed by atoms with E-state index in [4.69, 9.17) is 4.74 Å². The van der Waals surface area contributed by atoms with Gasteiger partial charge in [-0.1, -0.05) is 54.6 Å². The topological polar surface area (TPSA) is 46.5 Å². The molecular formula is C23H24BrO3P. The third-order valence-corrected chi connectivity index (χ3v) is 9.37. The Hall–Kier alpha value is -2.00. The summed E-state index contributed by atoms with van der Waals surface area (Å²) in [4.78, 5) is 12.5. The van der Waals surface area contributed by atoms with Gasteiger partial charge in [0.15, 0.2) is 0 Å². The van der Waals surface area contributed by atoms with Gasteiger partial charge in [-0.05, 0) is 43.3 Å². The van der Waals surface area contributed by atoms with Crippen molar-refractivity contribution in [2.75, 3.05) is 13.2 Å². The van der Waals surface area contributed by atoms with Gasteiger partial charge in [-0.25, -0.2) is 4.79 Å². The van der Waals surface area contributed by atoms with E-state index in [1.807, 2.05) is 61.5 Å². The van der Waals surface area contributed by atoms with Crippen molar-refractivity contribution in [3.05, 3.63) is 91.0 Å². The summed E-state index contributed by atoms with van der Waals surface area (Å²) in [6, 6.07) is 30.1. The molecule has 28 heavy (non-hydrogen) atoms. The summed E-state index contributed by atoms with van der Waals surface area (Å²) in [7, 11) is -2.47. The molecule has 0 amide bonds. The minimum atomic E-state index is -2.47. The van der Waals surface area contributed by atoms with Crippen LogP contribution in [0.2, 0.25) is 0 Å². The number of hydrogen-bond donors (Lipinski definition) is 1. The Kier molecular flexibility index (Phi) is 8.37. The van der Waals surface area contributed by atoms with Gasteiger partial charge in [0.25, 0.3) is 0 Å². The molecular weight excluding hydrogens is 435 g/mol. The van der Waals surface area contributed by atoms with E-state index < -0.39 is 18.9 Å². The Morgan fingerprint density at radius 1 is 0.821 bits per heavy atom. The minimum Gasteiger partial charge on any atom is -1.00 e. The molecule has 3 rings (SSSR count). The van der Waals surface area contributed by atoms with Crippen LogP contribution in [0.25, 0.3) is 0 Å². The zero-order valence-electron chi connectivity index (χ0n) is 15.7. The molecule has 0 bridgehead atoms. The third kappa shape index (κ3) is 4.35. The minimum absolute atomic E-state index is 0. The van der Waals surface area contributed by atoms with Crippen LogP contribution in [0.5, 0.6) is 0 Å². The number of carboxylic acids is 1. The largest absolute Gasteiger partial charge is 1.00 e. The lowest BCUT2D eigenvalue weighted by Gasteiger charge is -2.32. The molecule has 3 aromatic rings. The second kappa shape index (κ2) is 10.5. The van der Waals surface area contributed by atoms with Crippen LogP contribution in [-0.2, 0) is 9.53 Å². The fraction of sp³-hybridized carbons (Fsp3) is 0.174. The molecule has 0 heterocycles. The molecule has 1 atom stereocenters. The standard InChI is InChI=1S/C23H23O3P.BrH/c1-2-26-18-22(23(24)25)27(19-12-6-3-7-13-19,20-14-8-4-9-15-20)21-16-10-5-11-17-21;/h3-17,22H,2,18H2,1H3;1H. The molecule has 3 aromatic carbocycles. The van der Waals surface area contributed by atoms with Crippen LogP contribution in [0, 0.1) is 0 Å². The molecule has 1 unspecified atom stereocenters. The monoisotopic (exact) mass is 458 g/mol. The van der Waals surface area contributed by atoms with Crippen LogP contribution in [0.3, 0.4) is 0 Å². The van der Waals surface area contributed by atoms with Gasteiger partial charge < -0.3 is 26.8 Å². The molecule has 0 spiro atoms. The number of carbonyl (C=O) groups is 1. The molecule has 0 aromatic heterocycles. The molecule has 0 aliphatic heterocycles. The zero-order chi connectivity index (χ0) is 19.1. The Bertz CT molecular complexity index is 760.